The maximum Gasteiger partial charge on any atom is 0.325 e. The van der Waals surface area contributed by atoms with Gasteiger partial charge in [-0.3, -0.25) is 14.3 Å². The van der Waals surface area contributed by atoms with Gasteiger partial charge in [-0.05, 0) is 0 Å². The Bertz CT molecular complexity index is 606. The Morgan fingerprint density at radius 1 is 1.53 bits per heavy atom. The number of anilines is 1. The molecule has 4 N–H and O–H groups in total. The van der Waals surface area contributed by atoms with Gasteiger partial charge >= 0.3 is 5.97 Å². The fourth-order valence-corrected chi connectivity index (χ4v) is 2.01. The molecule has 2 heterocycles. The summed E-state index contributed by atoms with van der Waals surface area (Å²) in [4.78, 5) is 26.3. The minimum absolute atomic E-state index is 0.260. The Labute approximate surface area is 111 Å². The van der Waals surface area contributed by atoms with E-state index in [1.54, 1.807) is 5.38 Å². The summed E-state index contributed by atoms with van der Waals surface area (Å²) in [7, 11) is 0. The van der Waals surface area contributed by atoms with Gasteiger partial charge in [-0.1, -0.05) is 0 Å². The van der Waals surface area contributed by atoms with Gasteiger partial charge in [-0.15, -0.1) is 11.3 Å². The standard InChI is InChI=1S/C10H11N5O3S/c11-1-8-14-7(5-19-8)10(18)13-6-2-12-15(3-6)4-9(16)17/h2-3,5H,1,4,11H2,(H,13,18)(H,16,17). The first-order valence-corrected chi connectivity index (χ1v) is 6.16. The molecule has 9 heteroatoms. The maximum absolute atomic E-state index is 11.8. The van der Waals surface area contributed by atoms with Gasteiger partial charge in [-0.2, -0.15) is 5.10 Å². The monoisotopic (exact) mass is 281 g/mol. The second-order valence-corrected chi connectivity index (χ2v) is 4.55. The normalized spacial score (nSPS) is 10.4. The third-order valence-corrected chi connectivity index (χ3v) is 3.02. The lowest BCUT2D eigenvalue weighted by molar-refractivity contribution is -0.137. The lowest BCUT2D eigenvalue weighted by Crippen LogP contribution is -2.12. The highest BCUT2D eigenvalue weighted by atomic mass is 32.1. The molecule has 0 saturated carbocycles. The quantitative estimate of drug-likeness (QED) is 0.716. The Kier molecular flexibility index (Phi) is 3.88. The molecule has 0 bridgehead atoms. The van der Waals surface area contributed by atoms with Crippen molar-refractivity contribution < 1.29 is 14.7 Å². The topological polar surface area (TPSA) is 123 Å². The van der Waals surface area contributed by atoms with Crippen molar-refractivity contribution in [2.45, 2.75) is 13.1 Å². The molecular weight excluding hydrogens is 270 g/mol. The molecule has 2 aromatic rings. The number of aromatic nitrogens is 3. The van der Waals surface area contributed by atoms with Crippen LogP contribution in [0.3, 0.4) is 0 Å². The van der Waals surface area contributed by atoms with Gasteiger partial charge in [0.05, 0.1) is 11.9 Å². The Morgan fingerprint density at radius 3 is 2.95 bits per heavy atom. The number of nitrogens with zero attached hydrogens (tertiary/aromatic N) is 3. The molecule has 0 spiro atoms. The molecule has 0 unspecified atom stereocenters. The van der Waals surface area contributed by atoms with Crippen LogP contribution in [0.4, 0.5) is 5.69 Å². The number of carbonyl (C=O) groups excluding carboxylic acids is 1. The lowest BCUT2D eigenvalue weighted by atomic mass is 10.4. The summed E-state index contributed by atoms with van der Waals surface area (Å²) >= 11 is 1.31. The van der Waals surface area contributed by atoms with Crippen LogP contribution in [0.5, 0.6) is 0 Å². The summed E-state index contributed by atoms with van der Waals surface area (Å²) in [6, 6.07) is 0. The van der Waals surface area contributed by atoms with Gasteiger partial charge < -0.3 is 16.2 Å². The molecule has 100 valence electrons. The Balaban J connectivity index is 2.02. The van der Waals surface area contributed by atoms with Crippen molar-refractivity contribution in [1.29, 1.82) is 0 Å². The molecule has 0 atom stereocenters. The minimum atomic E-state index is -1.01. The van der Waals surface area contributed by atoms with Gasteiger partial charge in [0.1, 0.15) is 17.2 Å². The van der Waals surface area contributed by atoms with E-state index in [4.69, 9.17) is 10.8 Å². The number of carboxylic acid groups (broad SMARTS) is 1. The second-order valence-electron chi connectivity index (χ2n) is 3.61. The molecule has 0 radical (unpaired) electrons. The fourth-order valence-electron chi connectivity index (χ4n) is 1.36. The molecule has 0 aromatic carbocycles. The van der Waals surface area contributed by atoms with E-state index in [0.29, 0.717) is 10.7 Å². The van der Waals surface area contributed by atoms with Crippen molar-refractivity contribution in [3.05, 3.63) is 28.5 Å². The average molecular weight is 281 g/mol. The predicted octanol–water partition coefficient (Wildman–Crippen LogP) is 0.135. The molecule has 0 aliphatic heterocycles. The smallest absolute Gasteiger partial charge is 0.325 e. The number of carbonyl (C=O) groups is 2. The van der Waals surface area contributed by atoms with Crippen molar-refractivity contribution >= 4 is 28.9 Å². The van der Waals surface area contributed by atoms with Crippen LogP contribution in [0.2, 0.25) is 0 Å². The predicted molar refractivity (Wildman–Crippen MR) is 67.8 cm³/mol. The van der Waals surface area contributed by atoms with Crippen molar-refractivity contribution in [3.63, 3.8) is 0 Å². The Morgan fingerprint density at radius 2 is 2.32 bits per heavy atom. The third kappa shape index (κ3) is 3.36. The van der Waals surface area contributed by atoms with Gasteiger partial charge in [0, 0.05) is 18.1 Å². The summed E-state index contributed by atoms with van der Waals surface area (Å²) in [5, 5.41) is 17.3. The van der Waals surface area contributed by atoms with E-state index < -0.39 is 5.97 Å². The zero-order valence-corrected chi connectivity index (χ0v) is 10.6. The van der Waals surface area contributed by atoms with Crippen LogP contribution in [0.1, 0.15) is 15.5 Å². The average Bonchev–Trinajstić information content (AvgIpc) is 2.97. The van der Waals surface area contributed by atoms with E-state index in [0.717, 1.165) is 0 Å². The maximum atomic E-state index is 11.8. The summed E-state index contributed by atoms with van der Waals surface area (Å²) in [6.45, 7) is 0.0262. The van der Waals surface area contributed by atoms with Crippen LogP contribution < -0.4 is 11.1 Å². The Hall–Kier alpha value is -2.26. The summed E-state index contributed by atoms with van der Waals surface area (Å²) in [6.07, 6.45) is 2.80. The first-order valence-electron chi connectivity index (χ1n) is 5.28. The van der Waals surface area contributed by atoms with E-state index in [2.05, 4.69) is 15.4 Å². The van der Waals surface area contributed by atoms with Crippen molar-refractivity contribution in [2.24, 2.45) is 5.73 Å². The van der Waals surface area contributed by atoms with Gasteiger partial charge in [0.25, 0.3) is 5.91 Å². The summed E-state index contributed by atoms with van der Waals surface area (Å²) in [5.41, 5.74) is 6.10. The van der Waals surface area contributed by atoms with E-state index in [1.165, 1.54) is 28.4 Å². The number of hydrogen-bond donors (Lipinski definition) is 3. The van der Waals surface area contributed by atoms with Crippen molar-refractivity contribution in [2.75, 3.05) is 5.32 Å². The second kappa shape index (κ2) is 5.59. The van der Waals surface area contributed by atoms with Crippen LogP contribution in [-0.4, -0.2) is 31.7 Å². The molecule has 8 nitrogen and oxygen atoms in total. The first-order chi connectivity index (χ1) is 9.08. The molecule has 2 aromatic heterocycles. The molecule has 2 rings (SSSR count). The summed E-state index contributed by atoms with van der Waals surface area (Å²) in [5.74, 6) is -1.39. The molecular formula is C10H11N5O3S. The molecule has 19 heavy (non-hydrogen) atoms. The number of thiazole rings is 1. The SMILES string of the molecule is NCc1nc(C(=O)Nc2cnn(CC(=O)O)c2)cs1. The van der Waals surface area contributed by atoms with Crippen LogP contribution in [0.15, 0.2) is 17.8 Å². The largest absolute Gasteiger partial charge is 0.480 e. The number of aliphatic carboxylic acids is 1. The number of hydrogen-bond acceptors (Lipinski definition) is 6. The molecule has 0 fully saturated rings. The number of rotatable bonds is 5. The van der Waals surface area contributed by atoms with E-state index >= 15 is 0 Å². The lowest BCUT2D eigenvalue weighted by Gasteiger charge is -1.98. The van der Waals surface area contributed by atoms with Gasteiger partial charge in [0.2, 0.25) is 0 Å². The number of nitrogens with two attached hydrogens (primary N) is 1. The molecule has 0 saturated heterocycles. The van der Waals surface area contributed by atoms with E-state index in [9.17, 15) is 9.59 Å². The molecule has 0 aliphatic carbocycles. The number of amides is 1. The molecule has 0 aliphatic rings. The number of carboxylic acids is 1. The molecule has 1 amide bonds. The highest BCUT2D eigenvalue weighted by Gasteiger charge is 2.11. The van der Waals surface area contributed by atoms with Crippen molar-refractivity contribution in [3.8, 4) is 0 Å². The van der Waals surface area contributed by atoms with E-state index in [1.807, 2.05) is 0 Å². The first kappa shape index (κ1) is 13.2. The van der Waals surface area contributed by atoms with Gasteiger partial charge in [0.15, 0.2) is 0 Å². The highest BCUT2D eigenvalue weighted by molar-refractivity contribution is 7.09. The zero-order valence-electron chi connectivity index (χ0n) is 9.74. The van der Waals surface area contributed by atoms with Crippen LogP contribution in [-0.2, 0) is 17.9 Å². The van der Waals surface area contributed by atoms with E-state index in [-0.39, 0.29) is 24.7 Å². The van der Waals surface area contributed by atoms with Crippen molar-refractivity contribution in [1.82, 2.24) is 14.8 Å². The third-order valence-electron chi connectivity index (χ3n) is 2.15. The fraction of sp³-hybridized carbons (Fsp3) is 0.200. The van der Waals surface area contributed by atoms with Gasteiger partial charge in [-0.25, -0.2) is 4.98 Å². The minimum Gasteiger partial charge on any atom is -0.480 e. The number of nitrogens with one attached hydrogen (secondary N) is 1. The van der Waals surface area contributed by atoms with Crippen LogP contribution in [0.25, 0.3) is 0 Å². The summed E-state index contributed by atoms with van der Waals surface area (Å²) < 4.78 is 1.21. The zero-order chi connectivity index (χ0) is 13.8. The van der Waals surface area contributed by atoms with Crippen LogP contribution in [0, 0.1) is 0 Å². The van der Waals surface area contributed by atoms with Crippen LogP contribution >= 0.6 is 11.3 Å². The highest BCUT2D eigenvalue weighted by Crippen LogP contribution is 2.12.